The average molecular weight is 297 g/mol. The Bertz CT molecular complexity index is 396. The molecule has 122 valence electrons. The molecular weight excluding hydrogens is 258 g/mol. The van der Waals surface area contributed by atoms with Crippen LogP contribution in [0.3, 0.4) is 0 Å². The molecule has 2 heterocycles. The van der Waals surface area contributed by atoms with E-state index in [4.69, 9.17) is 0 Å². The minimum Gasteiger partial charge on any atom is -0.337 e. The number of quaternary nitrogens is 2. The normalized spacial score (nSPS) is 31.0. The van der Waals surface area contributed by atoms with E-state index in [0.717, 1.165) is 0 Å². The summed E-state index contributed by atoms with van der Waals surface area (Å²) < 4.78 is 0. The van der Waals surface area contributed by atoms with Crippen LogP contribution in [-0.4, -0.2) is 33.9 Å². The van der Waals surface area contributed by atoms with Crippen molar-refractivity contribution in [2.24, 2.45) is 0 Å². The van der Waals surface area contributed by atoms with Gasteiger partial charge in [-0.15, -0.1) is 0 Å². The highest BCUT2D eigenvalue weighted by Gasteiger charge is 2.46. The van der Waals surface area contributed by atoms with Gasteiger partial charge in [0.1, 0.15) is 11.1 Å². The molecule has 3 heteroatoms. The first-order valence-corrected chi connectivity index (χ1v) is 8.63. The van der Waals surface area contributed by atoms with Gasteiger partial charge in [-0.25, -0.2) is 4.99 Å². The van der Waals surface area contributed by atoms with Crippen LogP contribution in [0.2, 0.25) is 0 Å². The first kappa shape index (κ1) is 17.0. The second-order valence-corrected chi connectivity index (χ2v) is 10.4. The zero-order chi connectivity index (χ0) is 16.1. The summed E-state index contributed by atoms with van der Waals surface area (Å²) in [5.74, 6) is 0. The molecule has 2 fully saturated rings. The van der Waals surface area contributed by atoms with Gasteiger partial charge < -0.3 is 10.6 Å². The monoisotopic (exact) mass is 296 g/mol. The number of nitrogens with one attached hydrogen (secondary N) is 1. The van der Waals surface area contributed by atoms with Gasteiger partial charge in [0, 0.05) is 0 Å². The van der Waals surface area contributed by atoms with Crippen molar-refractivity contribution in [3.63, 3.8) is 0 Å². The molecule has 0 spiro atoms. The molecule has 2 saturated heterocycles. The molecule has 0 aromatic rings. The maximum absolute atomic E-state index is 3.96. The van der Waals surface area contributed by atoms with E-state index >= 15 is 0 Å². The molecule has 3 nitrogen and oxygen atoms in total. The summed E-state index contributed by atoms with van der Waals surface area (Å²) >= 11 is 0. The standard InChI is InChI=1S/C18H35N3/c1-15(2)9-13(10-16(3,4)20-15)19-14-11-17(5,6)21-18(7,8)12-14/h13,20-21H,9-12H2,1-8H3/p+3. The first-order chi connectivity index (χ1) is 9.28. The Morgan fingerprint density at radius 3 is 1.52 bits per heavy atom. The van der Waals surface area contributed by atoms with Crippen LogP contribution in [0.4, 0.5) is 0 Å². The van der Waals surface area contributed by atoms with Gasteiger partial charge in [-0.1, -0.05) is 0 Å². The summed E-state index contributed by atoms with van der Waals surface area (Å²) in [5, 5.41) is 5.11. The molecule has 2 aliphatic heterocycles. The zero-order valence-corrected chi connectivity index (χ0v) is 15.6. The Balaban J connectivity index is 2.18. The van der Waals surface area contributed by atoms with Gasteiger partial charge in [-0.05, 0) is 55.4 Å². The van der Waals surface area contributed by atoms with E-state index in [1.807, 2.05) is 0 Å². The summed E-state index contributed by atoms with van der Waals surface area (Å²) in [6.07, 6.45) is 4.89. The second-order valence-electron chi connectivity index (χ2n) is 10.4. The van der Waals surface area contributed by atoms with Crippen LogP contribution in [0.15, 0.2) is 0 Å². The van der Waals surface area contributed by atoms with Gasteiger partial charge in [0.15, 0.2) is 11.8 Å². The SMILES string of the molecule is CC1(C)CC(=[NH+]C2CC(C)(C)[NH2+]C(C)(C)C2)CC(C)(C)[NH2+]1. The van der Waals surface area contributed by atoms with Gasteiger partial charge >= 0.3 is 0 Å². The van der Waals surface area contributed by atoms with Crippen LogP contribution in [0.1, 0.15) is 81.1 Å². The third-order valence-electron chi connectivity index (χ3n) is 4.85. The summed E-state index contributed by atoms with van der Waals surface area (Å²) in [4.78, 5) is 3.96. The van der Waals surface area contributed by atoms with Gasteiger partial charge in [-0.2, -0.15) is 0 Å². The lowest BCUT2D eigenvalue weighted by Crippen LogP contribution is -3.09. The lowest BCUT2D eigenvalue weighted by atomic mass is 9.78. The van der Waals surface area contributed by atoms with E-state index in [9.17, 15) is 0 Å². The molecule has 0 aromatic heterocycles. The Morgan fingerprint density at radius 1 is 0.714 bits per heavy atom. The van der Waals surface area contributed by atoms with Crippen LogP contribution in [0.25, 0.3) is 0 Å². The summed E-state index contributed by atoms with van der Waals surface area (Å²) in [7, 11) is 0. The quantitative estimate of drug-likeness (QED) is 0.595. The largest absolute Gasteiger partial charge is 0.337 e. The van der Waals surface area contributed by atoms with Crippen molar-refractivity contribution in [2.75, 3.05) is 0 Å². The number of nitrogens with two attached hydrogens (primary N) is 2. The lowest BCUT2D eigenvalue weighted by Gasteiger charge is -2.41. The second kappa shape index (κ2) is 5.06. The molecule has 5 N–H and O–H groups in total. The van der Waals surface area contributed by atoms with Gasteiger partial charge in [0.05, 0.1) is 36.8 Å². The molecule has 0 bridgehead atoms. The van der Waals surface area contributed by atoms with E-state index in [1.165, 1.54) is 25.7 Å². The van der Waals surface area contributed by atoms with Crippen molar-refractivity contribution in [3.8, 4) is 0 Å². The van der Waals surface area contributed by atoms with E-state index in [1.54, 1.807) is 5.71 Å². The summed E-state index contributed by atoms with van der Waals surface area (Å²) in [6.45, 7) is 19.0. The van der Waals surface area contributed by atoms with Crippen molar-refractivity contribution in [1.29, 1.82) is 0 Å². The van der Waals surface area contributed by atoms with Gasteiger partial charge in [0.2, 0.25) is 0 Å². The molecule has 0 saturated carbocycles. The Hall–Kier alpha value is -0.410. The maximum Gasteiger partial charge on any atom is 0.163 e. The zero-order valence-electron chi connectivity index (χ0n) is 15.6. The average Bonchev–Trinajstić information content (AvgIpc) is 2.04. The lowest BCUT2D eigenvalue weighted by molar-refractivity contribution is -0.799. The molecule has 0 unspecified atom stereocenters. The van der Waals surface area contributed by atoms with Gasteiger partial charge in [0.25, 0.3) is 0 Å². The fraction of sp³-hybridized carbons (Fsp3) is 0.944. The Morgan fingerprint density at radius 2 is 1.10 bits per heavy atom. The minimum atomic E-state index is 0.315. The van der Waals surface area contributed by atoms with Crippen molar-refractivity contribution < 1.29 is 15.6 Å². The topological polar surface area (TPSA) is 47.2 Å². The van der Waals surface area contributed by atoms with Gasteiger partial charge in [-0.3, -0.25) is 0 Å². The van der Waals surface area contributed by atoms with Crippen molar-refractivity contribution in [2.45, 2.75) is 109 Å². The minimum absolute atomic E-state index is 0.315. The number of hydrogen-bond donors (Lipinski definition) is 3. The Kier molecular flexibility index (Phi) is 4.08. The number of piperidine rings is 2. The molecule has 0 atom stereocenters. The fourth-order valence-electron chi connectivity index (χ4n) is 5.33. The van der Waals surface area contributed by atoms with Crippen LogP contribution >= 0.6 is 0 Å². The van der Waals surface area contributed by atoms with Crippen molar-refractivity contribution >= 4 is 5.71 Å². The van der Waals surface area contributed by atoms with E-state index in [2.05, 4.69) is 71.0 Å². The summed E-state index contributed by atoms with van der Waals surface area (Å²) in [5.41, 5.74) is 2.88. The van der Waals surface area contributed by atoms with Crippen molar-refractivity contribution in [1.82, 2.24) is 0 Å². The molecular formula is C18H38N3+3. The van der Waals surface area contributed by atoms with Crippen molar-refractivity contribution in [3.05, 3.63) is 0 Å². The smallest absolute Gasteiger partial charge is 0.163 e. The molecule has 0 radical (unpaired) electrons. The highest BCUT2D eigenvalue weighted by Crippen LogP contribution is 2.20. The molecule has 21 heavy (non-hydrogen) atoms. The number of rotatable bonds is 1. The maximum atomic E-state index is 3.96. The highest BCUT2D eigenvalue weighted by molar-refractivity contribution is 5.81. The third kappa shape index (κ3) is 4.79. The molecule has 2 aliphatic rings. The molecule has 0 amide bonds. The van der Waals surface area contributed by atoms with E-state index in [0.29, 0.717) is 28.2 Å². The predicted molar refractivity (Wildman–Crippen MR) is 88.4 cm³/mol. The van der Waals surface area contributed by atoms with Crippen LogP contribution in [-0.2, 0) is 0 Å². The van der Waals surface area contributed by atoms with Crippen LogP contribution < -0.4 is 15.6 Å². The van der Waals surface area contributed by atoms with Crippen LogP contribution in [0, 0.1) is 0 Å². The van der Waals surface area contributed by atoms with Crippen LogP contribution in [0.5, 0.6) is 0 Å². The predicted octanol–water partition coefficient (Wildman–Crippen LogP) is -0.295. The van der Waals surface area contributed by atoms with E-state index in [-0.39, 0.29) is 0 Å². The molecule has 2 rings (SSSR count). The Labute approximate surface area is 131 Å². The fourth-order valence-corrected chi connectivity index (χ4v) is 5.33. The molecule has 0 aromatic carbocycles. The highest BCUT2D eigenvalue weighted by atomic mass is 15.1. The number of hydrogen-bond acceptors (Lipinski definition) is 0. The van der Waals surface area contributed by atoms with E-state index < -0.39 is 0 Å². The first-order valence-electron chi connectivity index (χ1n) is 8.63. The molecule has 0 aliphatic carbocycles. The summed E-state index contributed by atoms with van der Waals surface area (Å²) in [6, 6.07) is 0.625. The third-order valence-corrected chi connectivity index (χ3v) is 4.85.